The first kappa shape index (κ1) is 15.6. The molecule has 1 N–H and O–H groups in total. The molecule has 1 unspecified atom stereocenters. The molecule has 0 radical (unpaired) electrons. The van der Waals surface area contributed by atoms with Crippen LogP contribution in [0.15, 0.2) is 42.9 Å². The maximum absolute atomic E-state index is 4.58. The number of aromatic nitrogens is 2. The molecule has 0 bridgehead atoms. The molecule has 0 amide bonds. The molecular weight excluding hydrogens is 258 g/mol. The van der Waals surface area contributed by atoms with Crippen molar-refractivity contribution in [1.29, 1.82) is 0 Å². The van der Waals surface area contributed by atoms with E-state index in [1.807, 2.05) is 18.6 Å². The number of rotatable bonds is 8. The van der Waals surface area contributed by atoms with Crippen molar-refractivity contribution < 1.29 is 0 Å². The molecule has 0 saturated carbocycles. The van der Waals surface area contributed by atoms with E-state index in [0.717, 1.165) is 32.2 Å². The summed E-state index contributed by atoms with van der Waals surface area (Å²) in [5.41, 5.74) is 3.82. The third-order valence-electron chi connectivity index (χ3n) is 3.77. The van der Waals surface area contributed by atoms with Gasteiger partial charge in [-0.15, -0.1) is 0 Å². The third-order valence-corrected chi connectivity index (χ3v) is 3.77. The van der Waals surface area contributed by atoms with Crippen molar-refractivity contribution in [3.05, 3.63) is 59.7 Å². The summed E-state index contributed by atoms with van der Waals surface area (Å²) in [4.78, 5) is 8.64. The average molecular weight is 283 g/mol. The Bertz CT molecular complexity index is 508. The maximum Gasteiger partial charge on any atom is 0.0419 e. The summed E-state index contributed by atoms with van der Waals surface area (Å²) in [7, 11) is 0. The fourth-order valence-electron chi connectivity index (χ4n) is 2.49. The van der Waals surface area contributed by atoms with Crippen molar-refractivity contribution in [2.45, 2.75) is 45.6 Å². The summed E-state index contributed by atoms with van der Waals surface area (Å²) >= 11 is 0. The molecule has 3 nitrogen and oxygen atoms in total. The fraction of sp³-hybridized carbons (Fsp3) is 0.444. The van der Waals surface area contributed by atoms with Crippen molar-refractivity contribution in [3.63, 3.8) is 0 Å². The molecule has 0 aliphatic heterocycles. The number of hydrogen-bond donors (Lipinski definition) is 1. The number of hydrogen-bond acceptors (Lipinski definition) is 3. The van der Waals surface area contributed by atoms with Crippen molar-refractivity contribution >= 4 is 0 Å². The highest BCUT2D eigenvalue weighted by atomic mass is 14.9. The van der Waals surface area contributed by atoms with Gasteiger partial charge in [-0.05, 0) is 55.1 Å². The molecular formula is C18H25N3. The second-order valence-corrected chi connectivity index (χ2v) is 5.36. The minimum atomic E-state index is 0.475. The third kappa shape index (κ3) is 5.27. The van der Waals surface area contributed by atoms with Gasteiger partial charge in [-0.25, -0.2) is 0 Å². The van der Waals surface area contributed by atoms with E-state index in [-0.39, 0.29) is 0 Å². The molecule has 0 spiro atoms. The summed E-state index contributed by atoms with van der Waals surface area (Å²) in [5, 5.41) is 3.57. The lowest BCUT2D eigenvalue weighted by Gasteiger charge is -2.17. The van der Waals surface area contributed by atoms with Gasteiger partial charge >= 0.3 is 0 Å². The minimum Gasteiger partial charge on any atom is -0.314 e. The fourth-order valence-corrected chi connectivity index (χ4v) is 2.49. The van der Waals surface area contributed by atoms with E-state index in [1.54, 1.807) is 0 Å². The largest absolute Gasteiger partial charge is 0.314 e. The predicted molar refractivity (Wildman–Crippen MR) is 87.3 cm³/mol. The molecule has 21 heavy (non-hydrogen) atoms. The summed E-state index contributed by atoms with van der Waals surface area (Å²) in [5.74, 6) is 0. The Morgan fingerprint density at radius 1 is 1.05 bits per heavy atom. The standard InChI is InChI=1S/C18H25N3/c1-3-15-5-7-18(21-14-15)13-17(20-4-2)8-6-16-9-11-19-12-10-16/h5,7,9-12,14,17,20H,3-4,6,8,13H2,1-2H3. The van der Waals surface area contributed by atoms with Crippen LogP contribution in [-0.2, 0) is 19.3 Å². The molecule has 0 aliphatic rings. The lowest BCUT2D eigenvalue weighted by molar-refractivity contribution is 0.487. The summed E-state index contributed by atoms with van der Waals surface area (Å²) in [6.45, 7) is 5.31. The normalized spacial score (nSPS) is 12.3. The number of aryl methyl sites for hydroxylation is 2. The molecule has 0 aromatic carbocycles. The van der Waals surface area contributed by atoms with Gasteiger partial charge in [0.1, 0.15) is 0 Å². The first-order valence-electron chi connectivity index (χ1n) is 7.88. The van der Waals surface area contributed by atoms with Crippen LogP contribution in [0.25, 0.3) is 0 Å². The van der Waals surface area contributed by atoms with Crippen LogP contribution in [0.2, 0.25) is 0 Å². The van der Waals surface area contributed by atoms with E-state index >= 15 is 0 Å². The summed E-state index contributed by atoms with van der Waals surface area (Å²) in [6.07, 6.45) is 9.96. The Morgan fingerprint density at radius 2 is 1.86 bits per heavy atom. The highest BCUT2D eigenvalue weighted by molar-refractivity contribution is 5.15. The van der Waals surface area contributed by atoms with Gasteiger partial charge in [-0.2, -0.15) is 0 Å². The summed E-state index contributed by atoms with van der Waals surface area (Å²) in [6, 6.07) is 9.02. The van der Waals surface area contributed by atoms with Gasteiger partial charge in [-0.3, -0.25) is 9.97 Å². The monoisotopic (exact) mass is 283 g/mol. The van der Waals surface area contributed by atoms with E-state index in [1.165, 1.54) is 16.8 Å². The van der Waals surface area contributed by atoms with E-state index in [9.17, 15) is 0 Å². The quantitative estimate of drug-likeness (QED) is 0.808. The Kier molecular flexibility index (Phi) is 6.35. The predicted octanol–water partition coefficient (Wildman–Crippen LogP) is 3.19. The Labute approximate surface area is 127 Å². The van der Waals surface area contributed by atoms with Crippen molar-refractivity contribution in [1.82, 2.24) is 15.3 Å². The van der Waals surface area contributed by atoms with Crippen LogP contribution in [0.3, 0.4) is 0 Å². The lowest BCUT2D eigenvalue weighted by Crippen LogP contribution is -2.31. The highest BCUT2D eigenvalue weighted by Gasteiger charge is 2.09. The van der Waals surface area contributed by atoms with Gasteiger partial charge in [-0.1, -0.05) is 19.9 Å². The van der Waals surface area contributed by atoms with E-state index in [4.69, 9.17) is 0 Å². The van der Waals surface area contributed by atoms with Crippen molar-refractivity contribution in [3.8, 4) is 0 Å². The van der Waals surface area contributed by atoms with E-state index < -0.39 is 0 Å². The lowest BCUT2D eigenvalue weighted by atomic mass is 10.0. The Morgan fingerprint density at radius 3 is 2.48 bits per heavy atom. The topological polar surface area (TPSA) is 37.8 Å². The Balaban J connectivity index is 1.91. The number of likely N-dealkylation sites (N-methyl/N-ethyl adjacent to an activating group) is 1. The van der Waals surface area contributed by atoms with Gasteiger partial charge in [0.15, 0.2) is 0 Å². The molecule has 2 aromatic heterocycles. The second kappa shape index (κ2) is 8.53. The number of pyridine rings is 2. The van der Waals surface area contributed by atoms with Crippen LogP contribution in [0, 0.1) is 0 Å². The van der Waals surface area contributed by atoms with Gasteiger partial charge in [0.2, 0.25) is 0 Å². The summed E-state index contributed by atoms with van der Waals surface area (Å²) < 4.78 is 0. The zero-order chi connectivity index (χ0) is 14.9. The molecule has 1 atom stereocenters. The molecule has 0 fully saturated rings. The molecule has 2 aromatic rings. The van der Waals surface area contributed by atoms with Crippen LogP contribution < -0.4 is 5.32 Å². The zero-order valence-electron chi connectivity index (χ0n) is 13.0. The molecule has 0 saturated heterocycles. The SMILES string of the molecule is CCNC(CCc1ccncc1)Cc1ccc(CC)cn1. The average Bonchev–Trinajstić information content (AvgIpc) is 2.54. The maximum atomic E-state index is 4.58. The smallest absolute Gasteiger partial charge is 0.0419 e. The first-order valence-corrected chi connectivity index (χ1v) is 7.88. The minimum absolute atomic E-state index is 0.475. The van der Waals surface area contributed by atoms with Gasteiger partial charge in [0.25, 0.3) is 0 Å². The van der Waals surface area contributed by atoms with Crippen LogP contribution in [0.5, 0.6) is 0 Å². The van der Waals surface area contributed by atoms with Crippen LogP contribution in [0.1, 0.15) is 37.1 Å². The molecule has 3 heteroatoms. The Hall–Kier alpha value is -1.74. The van der Waals surface area contributed by atoms with E-state index in [2.05, 4.69) is 53.4 Å². The van der Waals surface area contributed by atoms with E-state index in [0.29, 0.717) is 6.04 Å². The van der Waals surface area contributed by atoms with Crippen molar-refractivity contribution in [2.75, 3.05) is 6.54 Å². The highest BCUT2D eigenvalue weighted by Crippen LogP contribution is 2.09. The number of nitrogens with one attached hydrogen (secondary N) is 1. The van der Waals surface area contributed by atoms with Crippen molar-refractivity contribution in [2.24, 2.45) is 0 Å². The molecule has 2 rings (SSSR count). The van der Waals surface area contributed by atoms with Crippen LogP contribution in [-0.4, -0.2) is 22.6 Å². The van der Waals surface area contributed by atoms with Gasteiger partial charge < -0.3 is 5.32 Å². The molecule has 112 valence electrons. The van der Waals surface area contributed by atoms with Crippen LogP contribution >= 0.6 is 0 Å². The second-order valence-electron chi connectivity index (χ2n) is 5.36. The number of nitrogens with zero attached hydrogens (tertiary/aromatic N) is 2. The van der Waals surface area contributed by atoms with Crippen LogP contribution in [0.4, 0.5) is 0 Å². The van der Waals surface area contributed by atoms with Gasteiger partial charge in [0, 0.05) is 36.7 Å². The molecule has 2 heterocycles. The zero-order valence-corrected chi connectivity index (χ0v) is 13.0. The van der Waals surface area contributed by atoms with Gasteiger partial charge in [0.05, 0.1) is 0 Å². The molecule has 0 aliphatic carbocycles. The first-order chi connectivity index (χ1) is 10.3.